The van der Waals surface area contributed by atoms with Gasteiger partial charge >= 0.3 is 12.5 Å². The number of sulfonamides is 1. The summed E-state index contributed by atoms with van der Waals surface area (Å²) in [5.41, 5.74) is 0.0710. The van der Waals surface area contributed by atoms with Gasteiger partial charge < -0.3 is 10.0 Å². The van der Waals surface area contributed by atoms with Gasteiger partial charge in [-0.1, -0.05) is 54.4 Å². The van der Waals surface area contributed by atoms with E-state index in [1.54, 1.807) is 49.4 Å². The predicted molar refractivity (Wildman–Crippen MR) is 151 cm³/mol. The van der Waals surface area contributed by atoms with Crippen LogP contribution in [0.4, 0.5) is 8.78 Å². The standard InChI is InChI=1S/C29H32Cl2F2N2O5S/c1-29(15-25(36)37)14-23(19-3-2-4-21(31)13-19)26(18-7-9-20(30)10-8-18)35(27(29)38)24(17-5-6-17)16-34(28(32)33)41(39,40)22-11-12-22/h2-4,7-10,13,17,22-24,26,28H,5-6,11-12,14-16H2,1H3,(H,36,37)/t23-,24-,26-,29+/m1/s1. The van der Waals surface area contributed by atoms with Crippen LogP contribution in [0.5, 0.6) is 0 Å². The molecule has 1 heterocycles. The normalized spacial score (nSPS) is 26.0. The number of carbonyl (C=O) groups excluding carboxylic acids is 1. The van der Waals surface area contributed by atoms with Crippen LogP contribution in [0.25, 0.3) is 0 Å². The fourth-order valence-corrected chi connectivity index (χ4v) is 8.25. The zero-order chi connectivity index (χ0) is 29.7. The van der Waals surface area contributed by atoms with Crippen LogP contribution in [0.2, 0.25) is 10.0 Å². The Morgan fingerprint density at radius 3 is 2.27 bits per heavy atom. The number of alkyl halides is 2. The topological polar surface area (TPSA) is 95.0 Å². The summed E-state index contributed by atoms with van der Waals surface area (Å²) in [6, 6.07) is 12.4. The molecule has 2 aromatic rings. The maximum Gasteiger partial charge on any atom is 0.307 e. The maximum atomic E-state index is 14.5. The highest BCUT2D eigenvalue weighted by atomic mass is 35.5. The van der Waals surface area contributed by atoms with Gasteiger partial charge in [0.05, 0.1) is 23.1 Å². The van der Waals surface area contributed by atoms with Gasteiger partial charge in [-0.05, 0) is 73.4 Å². The number of aliphatic carboxylic acids is 1. The molecule has 1 saturated heterocycles. The molecule has 0 bridgehead atoms. The minimum absolute atomic E-state index is 0.165. The molecule has 3 aliphatic rings. The lowest BCUT2D eigenvalue weighted by molar-refractivity contribution is -0.162. The lowest BCUT2D eigenvalue weighted by Gasteiger charge is -2.52. The van der Waals surface area contributed by atoms with E-state index in [0.717, 1.165) is 5.56 Å². The molecule has 0 unspecified atom stereocenters. The fraction of sp³-hybridized carbons (Fsp3) is 0.517. The third-order valence-corrected chi connectivity index (χ3v) is 11.3. The van der Waals surface area contributed by atoms with E-state index in [1.165, 1.54) is 4.90 Å². The van der Waals surface area contributed by atoms with Crippen molar-refractivity contribution in [2.45, 2.75) is 75.2 Å². The SMILES string of the molecule is C[C@@]1(CC(=O)O)C[C@H](c2cccc(Cl)c2)[C@@H](c2ccc(Cl)cc2)N([C@H](CN(C(F)F)S(=O)(=O)C2CC2)C2CC2)C1=O. The number of amides is 1. The molecule has 1 aliphatic heterocycles. The highest BCUT2D eigenvalue weighted by Gasteiger charge is 2.56. The van der Waals surface area contributed by atoms with Crippen LogP contribution in [0.3, 0.4) is 0 Å². The third-order valence-electron chi connectivity index (χ3n) is 8.51. The molecule has 0 aromatic heterocycles. The quantitative estimate of drug-likeness (QED) is 0.294. The van der Waals surface area contributed by atoms with Gasteiger partial charge in [0.1, 0.15) is 0 Å². The summed E-state index contributed by atoms with van der Waals surface area (Å²) >= 11 is 12.5. The smallest absolute Gasteiger partial charge is 0.307 e. The monoisotopic (exact) mass is 628 g/mol. The van der Waals surface area contributed by atoms with Crippen molar-refractivity contribution in [1.29, 1.82) is 0 Å². The first-order chi connectivity index (χ1) is 19.3. The van der Waals surface area contributed by atoms with Gasteiger partial charge in [-0.25, -0.2) is 8.42 Å². The van der Waals surface area contributed by atoms with Gasteiger partial charge in [-0.2, -0.15) is 8.78 Å². The number of hydrogen-bond donors (Lipinski definition) is 1. The van der Waals surface area contributed by atoms with Gasteiger partial charge in [0.15, 0.2) is 0 Å². The van der Waals surface area contributed by atoms with Gasteiger partial charge in [0.2, 0.25) is 15.9 Å². The van der Waals surface area contributed by atoms with E-state index in [9.17, 15) is 31.9 Å². The highest BCUT2D eigenvalue weighted by Crippen LogP contribution is 2.54. The summed E-state index contributed by atoms with van der Waals surface area (Å²) in [4.78, 5) is 28.0. The van der Waals surface area contributed by atoms with Crippen molar-refractivity contribution >= 4 is 45.1 Å². The fourth-order valence-electron chi connectivity index (χ4n) is 6.23. The number of carboxylic acid groups (broad SMARTS) is 1. The first-order valence-corrected chi connectivity index (χ1v) is 15.9. The van der Waals surface area contributed by atoms with Crippen molar-refractivity contribution in [1.82, 2.24) is 9.21 Å². The number of carbonyl (C=O) groups is 2. The molecule has 12 heteroatoms. The number of carboxylic acids is 1. The second-order valence-electron chi connectivity index (χ2n) is 11.7. The van der Waals surface area contributed by atoms with Gasteiger partial charge in [0.25, 0.3) is 0 Å². The Labute approximate surface area is 248 Å². The number of nitrogens with zero attached hydrogens (tertiary/aromatic N) is 2. The molecule has 0 spiro atoms. The van der Waals surface area contributed by atoms with E-state index in [1.807, 2.05) is 6.07 Å². The zero-order valence-corrected chi connectivity index (χ0v) is 24.8. The first kappa shape index (κ1) is 30.2. The number of halogens is 4. The largest absolute Gasteiger partial charge is 0.481 e. The second-order valence-corrected chi connectivity index (χ2v) is 14.7. The Balaban J connectivity index is 1.67. The molecule has 41 heavy (non-hydrogen) atoms. The molecular formula is C29H32Cl2F2N2O5S. The van der Waals surface area contributed by atoms with Crippen LogP contribution in [0, 0.1) is 11.3 Å². The predicted octanol–water partition coefficient (Wildman–Crippen LogP) is 6.33. The summed E-state index contributed by atoms with van der Waals surface area (Å²) in [5.74, 6) is -2.33. The van der Waals surface area contributed by atoms with Gasteiger partial charge in [-0.3, -0.25) is 9.59 Å². The van der Waals surface area contributed by atoms with E-state index < -0.39 is 70.1 Å². The van der Waals surface area contributed by atoms with Crippen molar-refractivity contribution in [3.8, 4) is 0 Å². The molecule has 2 aromatic carbocycles. The zero-order valence-electron chi connectivity index (χ0n) is 22.4. The van der Waals surface area contributed by atoms with E-state index in [2.05, 4.69) is 0 Å². The molecule has 7 nitrogen and oxygen atoms in total. The van der Waals surface area contributed by atoms with E-state index >= 15 is 0 Å². The minimum Gasteiger partial charge on any atom is -0.481 e. The first-order valence-electron chi connectivity index (χ1n) is 13.7. The second kappa shape index (κ2) is 11.4. The summed E-state index contributed by atoms with van der Waals surface area (Å²) in [6.07, 6.45) is 1.62. The van der Waals surface area contributed by atoms with E-state index in [0.29, 0.717) is 41.3 Å². The molecule has 4 atom stereocenters. The van der Waals surface area contributed by atoms with Crippen molar-refractivity contribution in [3.63, 3.8) is 0 Å². The summed E-state index contributed by atoms with van der Waals surface area (Å²) in [5, 5.41) is 9.88. The Morgan fingerprint density at radius 1 is 1.07 bits per heavy atom. The minimum atomic E-state index is -4.27. The summed E-state index contributed by atoms with van der Waals surface area (Å²) in [6.45, 7) is -2.26. The molecule has 1 N–H and O–H groups in total. The molecular weight excluding hydrogens is 597 g/mol. The molecule has 1 amide bonds. The van der Waals surface area contributed by atoms with Crippen molar-refractivity contribution < 1.29 is 31.9 Å². The Hall–Kier alpha value is -2.27. The third kappa shape index (κ3) is 6.26. The van der Waals surface area contributed by atoms with Gasteiger partial charge in [-0.15, -0.1) is 4.31 Å². The van der Waals surface area contributed by atoms with Crippen molar-refractivity contribution in [2.24, 2.45) is 11.3 Å². The van der Waals surface area contributed by atoms with Crippen LogP contribution < -0.4 is 0 Å². The Morgan fingerprint density at radius 2 is 1.73 bits per heavy atom. The summed E-state index contributed by atoms with van der Waals surface area (Å²) < 4.78 is 55.2. The summed E-state index contributed by atoms with van der Waals surface area (Å²) in [7, 11) is -4.27. The Bertz CT molecular complexity index is 1420. The van der Waals surface area contributed by atoms with Crippen LogP contribution in [0.1, 0.15) is 68.5 Å². The number of likely N-dealkylation sites (tertiary alicyclic amines) is 1. The number of hydrogen-bond acceptors (Lipinski definition) is 4. The number of benzene rings is 2. The molecule has 2 saturated carbocycles. The van der Waals surface area contributed by atoms with Gasteiger partial charge in [0, 0.05) is 28.5 Å². The number of piperidine rings is 1. The molecule has 222 valence electrons. The highest BCUT2D eigenvalue weighted by molar-refractivity contribution is 7.90. The lowest BCUT2D eigenvalue weighted by atomic mass is 9.67. The van der Waals surface area contributed by atoms with Crippen molar-refractivity contribution in [2.75, 3.05) is 6.54 Å². The average molecular weight is 630 g/mol. The number of rotatable bonds is 11. The van der Waals surface area contributed by atoms with E-state index in [4.69, 9.17) is 23.2 Å². The molecule has 0 radical (unpaired) electrons. The van der Waals surface area contributed by atoms with E-state index in [-0.39, 0.29) is 16.6 Å². The van der Waals surface area contributed by atoms with Crippen molar-refractivity contribution in [3.05, 3.63) is 69.7 Å². The van der Waals surface area contributed by atoms with Crippen LogP contribution in [-0.2, 0) is 19.6 Å². The molecule has 3 fully saturated rings. The lowest BCUT2D eigenvalue weighted by Crippen LogP contribution is -2.59. The van der Waals surface area contributed by atoms with Crippen LogP contribution in [0.15, 0.2) is 48.5 Å². The maximum absolute atomic E-state index is 14.5. The average Bonchev–Trinajstić information content (AvgIpc) is 3.80. The molecule has 5 rings (SSSR count). The van der Waals surface area contributed by atoms with Crippen LogP contribution in [-0.4, -0.2) is 59.0 Å². The van der Waals surface area contributed by atoms with Crippen LogP contribution >= 0.6 is 23.2 Å². The Kier molecular flexibility index (Phi) is 8.42. The molecule has 2 aliphatic carbocycles.